The van der Waals surface area contributed by atoms with Crippen LogP contribution in [-0.4, -0.2) is 23.3 Å². The minimum atomic E-state index is -0.413. The summed E-state index contributed by atoms with van der Waals surface area (Å²) in [6, 6.07) is 22.5. The van der Waals surface area contributed by atoms with E-state index in [2.05, 4.69) is 15.6 Å². The molecular formula is C26H22FN3O3. The van der Waals surface area contributed by atoms with E-state index in [1.54, 1.807) is 36.5 Å². The average molecular weight is 443 g/mol. The minimum absolute atomic E-state index is 0.125. The van der Waals surface area contributed by atoms with Gasteiger partial charge in [0.05, 0.1) is 0 Å². The number of nitrogens with zero attached hydrogens (tertiary/aromatic N) is 1. The smallest absolute Gasteiger partial charge is 0.251 e. The van der Waals surface area contributed by atoms with Gasteiger partial charge in [-0.15, -0.1) is 0 Å². The maximum atomic E-state index is 13.4. The van der Waals surface area contributed by atoms with Crippen molar-refractivity contribution in [3.8, 4) is 11.6 Å². The molecule has 0 spiro atoms. The number of halogens is 1. The predicted octanol–water partition coefficient (Wildman–Crippen LogP) is 4.60. The molecule has 6 nitrogen and oxygen atoms in total. The molecule has 4 aromatic rings. The molecule has 4 rings (SSSR count). The van der Waals surface area contributed by atoms with Gasteiger partial charge < -0.3 is 15.4 Å². The van der Waals surface area contributed by atoms with E-state index < -0.39 is 5.82 Å². The van der Waals surface area contributed by atoms with Crippen molar-refractivity contribution in [2.75, 3.05) is 6.54 Å². The van der Waals surface area contributed by atoms with Crippen molar-refractivity contribution in [2.45, 2.75) is 13.0 Å². The zero-order chi connectivity index (χ0) is 23.0. The zero-order valence-corrected chi connectivity index (χ0v) is 17.8. The van der Waals surface area contributed by atoms with Crippen LogP contribution in [-0.2, 0) is 11.3 Å². The second-order valence-electron chi connectivity index (χ2n) is 7.37. The van der Waals surface area contributed by atoms with Crippen LogP contribution in [0.2, 0.25) is 0 Å². The normalized spacial score (nSPS) is 10.6. The highest BCUT2D eigenvalue weighted by Gasteiger charge is 2.10. The molecule has 0 aliphatic carbocycles. The maximum absolute atomic E-state index is 13.4. The number of carbonyl (C=O) groups excluding carboxylic acids is 2. The van der Waals surface area contributed by atoms with Crippen molar-refractivity contribution in [3.63, 3.8) is 0 Å². The molecule has 0 aliphatic rings. The van der Waals surface area contributed by atoms with Crippen LogP contribution in [0.5, 0.6) is 11.6 Å². The monoisotopic (exact) mass is 443 g/mol. The number of aromatic nitrogens is 1. The lowest BCUT2D eigenvalue weighted by atomic mass is 10.1. The standard InChI is InChI=1S/C26H22FN3O3/c27-22-8-3-9-23(16-22)33-26-21(7-4-13-29-26)17-30-24(31)12-14-28-25(32)20-11-10-18-5-1-2-6-19(18)15-20/h1-11,13,15-16H,12,14,17H2,(H,28,32)(H,30,31). The van der Waals surface area contributed by atoms with Gasteiger partial charge in [-0.05, 0) is 41.1 Å². The van der Waals surface area contributed by atoms with E-state index in [1.807, 2.05) is 36.4 Å². The number of ether oxygens (including phenoxy) is 1. The lowest BCUT2D eigenvalue weighted by Gasteiger charge is -2.11. The fourth-order valence-electron chi connectivity index (χ4n) is 3.30. The van der Waals surface area contributed by atoms with Gasteiger partial charge >= 0.3 is 0 Å². The van der Waals surface area contributed by atoms with Crippen LogP contribution in [0.25, 0.3) is 10.8 Å². The highest BCUT2D eigenvalue weighted by atomic mass is 19.1. The van der Waals surface area contributed by atoms with Crippen molar-refractivity contribution >= 4 is 22.6 Å². The molecule has 0 saturated carbocycles. The van der Waals surface area contributed by atoms with Gasteiger partial charge in [-0.3, -0.25) is 9.59 Å². The molecule has 0 bridgehead atoms. The van der Waals surface area contributed by atoms with Gasteiger partial charge in [0.15, 0.2) is 0 Å². The Morgan fingerprint density at radius 2 is 1.73 bits per heavy atom. The Hall–Kier alpha value is -4.26. The molecule has 0 radical (unpaired) electrons. The van der Waals surface area contributed by atoms with E-state index in [0.717, 1.165) is 10.8 Å². The molecule has 0 saturated heterocycles. The number of carbonyl (C=O) groups is 2. The summed E-state index contributed by atoms with van der Waals surface area (Å²) >= 11 is 0. The molecule has 0 atom stereocenters. The highest BCUT2D eigenvalue weighted by Crippen LogP contribution is 2.23. The molecule has 0 fully saturated rings. The summed E-state index contributed by atoms with van der Waals surface area (Å²) in [5, 5.41) is 7.60. The highest BCUT2D eigenvalue weighted by molar-refractivity contribution is 5.98. The summed E-state index contributed by atoms with van der Waals surface area (Å²) < 4.78 is 19.0. The van der Waals surface area contributed by atoms with Crippen LogP contribution in [0.3, 0.4) is 0 Å². The number of hydrogen-bond acceptors (Lipinski definition) is 4. The van der Waals surface area contributed by atoms with Crippen LogP contribution >= 0.6 is 0 Å². The Morgan fingerprint density at radius 3 is 2.58 bits per heavy atom. The Bertz CT molecular complexity index is 1290. The molecule has 1 aromatic heterocycles. The van der Waals surface area contributed by atoms with Gasteiger partial charge in [-0.2, -0.15) is 0 Å². The molecule has 7 heteroatoms. The molecular weight excluding hydrogens is 421 g/mol. The maximum Gasteiger partial charge on any atom is 0.251 e. The van der Waals surface area contributed by atoms with E-state index in [-0.39, 0.29) is 37.2 Å². The minimum Gasteiger partial charge on any atom is -0.439 e. The first kappa shape index (κ1) is 22.0. The number of rotatable bonds is 8. The van der Waals surface area contributed by atoms with Gasteiger partial charge in [-0.1, -0.05) is 42.5 Å². The zero-order valence-electron chi connectivity index (χ0n) is 17.8. The van der Waals surface area contributed by atoms with Crippen LogP contribution in [0.1, 0.15) is 22.3 Å². The molecule has 0 unspecified atom stereocenters. The fourth-order valence-corrected chi connectivity index (χ4v) is 3.30. The van der Waals surface area contributed by atoms with Crippen LogP contribution in [0.15, 0.2) is 85.1 Å². The Labute approximate surface area is 190 Å². The first-order valence-electron chi connectivity index (χ1n) is 10.5. The summed E-state index contributed by atoms with van der Waals surface area (Å²) in [7, 11) is 0. The average Bonchev–Trinajstić information content (AvgIpc) is 2.83. The van der Waals surface area contributed by atoms with E-state index in [1.165, 1.54) is 12.1 Å². The summed E-state index contributed by atoms with van der Waals surface area (Å²) in [4.78, 5) is 28.8. The third-order valence-corrected chi connectivity index (χ3v) is 4.99. The Balaban J connectivity index is 1.27. The lowest BCUT2D eigenvalue weighted by Crippen LogP contribution is -2.30. The third kappa shape index (κ3) is 5.92. The van der Waals surface area contributed by atoms with Crippen molar-refractivity contribution in [1.29, 1.82) is 0 Å². The SMILES string of the molecule is O=C(CCNC(=O)c1ccc2ccccc2c1)NCc1cccnc1Oc1cccc(F)c1. The quantitative estimate of drug-likeness (QED) is 0.417. The number of pyridine rings is 1. The van der Waals surface area contributed by atoms with Crippen LogP contribution in [0.4, 0.5) is 4.39 Å². The van der Waals surface area contributed by atoms with Gasteiger partial charge in [0, 0.05) is 42.9 Å². The molecule has 2 amide bonds. The Kier molecular flexibility index (Phi) is 6.90. The first-order chi connectivity index (χ1) is 16.1. The molecule has 1 heterocycles. The van der Waals surface area contributed by atoms with E-state index in [9.17, 15) is 14.0 Å². The van der Waals surface area contributed by atoms with Crippen molar-refractivity contribution in [1.82, 2.24) is 15.6 Å². The van der Waals surface area contributed by atoms with Crippen LogP contribution in [0, 0.1) is 5.82 Å². The Morgan fingerprint density at radius 1 is 0.879 bits per heavy atom. The van der Waals surface area contributed by atoms with Crippen LogP contribution < -0.4 is 15.4 Å². The van der Waals surface area contributed by atoms with Crippen molar-refractivity contribution in [2.24, 2.45) is 0 Å². The van der Waals surface area contributed by atoms with Gasteiger partial charge in [0.1, 0.15) is 11.6 Å². The summed E-state index contributed by atoms with van der Waals surface area (Å²) in [6.07, 6.45) is 1.68. The number of fused-ring (bicyclic) bond motifs is 1. The molecule has 0 aliphatic heterocycles. The molecule has 166 valence electrons. The van der Waals surface area contributed by atoms with Gasteiger partial charge in [0.25, 0.3) is 5.91 Å². The molecule has 3 aromatic carbocycles. The lowest BCUT2D eigenvalue weighted by molar-refractivity contribution is -0.121. The van der Waals surface area contributed by atoms with Gasteiger partial charge in [-0.25, -0.2) is 9.37 Å². The van der Waals surface area contributed by atoms with E-state index in [4.69, 9.17) is 4.74 Å². The molecule has 2 N–H and O–H groups in total. The third-order valence-electron chi connectivity index (χ3n) is 4.99. The second kappa shape index (κ2) is 10.4. The molecule has 33 heavy (non-hydrogen) atoms. The van der Waals surface area contributed by atoms with Crippen molar-refractivity contribution < 1.29 is 18.7 Å². The van der Waals surface area contributed by atoms with E-state index in [0.29, 0.717) is 16.9 Å². The number of amides is 2. The summed E-state index contributed by atoms with van der Waals surface area (Å²) in [5.41, 5.74) is 1.19. The number of nitrogens with one attached hydrogen (secondary N) is 2. The summed E-state index contributed by atoms with van der Waals surface area (Å²) in [6.45, 7) is 0.396. The summed E-state index contributed by atoms with van der Waals surface area (Å²) in [5.74, 6) is -0.268. The fraction of sp³-hybridized carbons (Fsp3) is 0.115. The first-order valence-corrected chi connectivity index (χ1v) is 10.5. The topological polar surface area (TPSA) is 80.3 Å². The van der Waals surface area contributed by atoms with Gasteiger partial charge in [0.2, 0.25) is 11.8 Å². The number of benzene rings is 3. The van der Waals surface area contributed by atoms with E-state index >= 15 is 0 Å². The number of hydrogen-bond donors (Lipinski definition) is 2. The largest absolute Gasteiger partial charge is 0.439 e. The predicted molar refractivity (Wildman–Crippen MR) is 123 cm³/mol. The second-order valence-corrected chi connectivity index (χ2v) is 7.37. The van der Waals surface area contributed by atoms with Crippen molar-refractivity contribution in [3.05, 3.63) is 102 Å².